The van der Waals surface area contributed by atoms with E-state index in [0.717, 1.165) is 35.6 Å². The molecule has 0 fully saturated rings. The van der Waals surface area contributed by atoms with Crippen LogP contribution in [0.15, 0.2) is 36.7 Å². The Morgan fingerprint density at radius 1 is 0.943 bits per heavy atom. The van der Waals surface area contributed by atoms with Gasteiger partial charge in [-0.15, -0.1) is 0 Å². The molecule has 10 heteroatoms. The number of carbonyl (C=O) groups is 2. The monoisotopic (exact) mass is 520 g/mol. The van der Waals surface area contributed by atoms with Gasteiger partial charge in [0, 0.05) is 61.2 Å². The van der Waals surface area contributed by atoms with Crippen molar-refractivity contribution in [2.24, 2.45) is 0 Å². The number of rotatable bonds is 17. The third-order valence-electron chi connectivity index (χ3n) is 4.93. The second-order valence-corrected chi connectivity index (χ2v) is 10.0. The molecule has 0 atom stereocenters. The highest BCUT2D eigenvalue weighted by atomic mass is 33.1. The van der Waals surface area contributed by atoms with Crippen molar-refractivity contribution in [2.75, 3.05) is 45.9 Å². The molecule has 0 unspecified atom stereocenters. The van der Waals surface area contributed by atoms with Crippen molar-refractivity contribution in [1.82, 2.24) is 10.6 Å². The summed E-state index contributed by atoms with van der Waals surface area (Å²) in [5.41, 5.74) is 1.94. The second-order valence-electron chi connectivity index (χ2n) is 7.32. The topological polar surface area (TPSA) is 89.8 Å². The van der Waals surface area contributed by atoms with Crippen LogP contribution in [0.5, 0.6) is 17.2 Å². The Morgan fingerprint density at radius 2 is 1.60 bits per heavy atom. The zero-order chi connectivity index (χ0) is 25.3. The summed E-state index contributed by atoms with van der Waals surface area (Å²) in [6.07, 6.45) is 9.98. The zero-order valence-electron chi connectivity index (χ0n) is 20.5. The van der Waals surface area contributed by atoms with Crippen LogP contribution in [0.4, 0.5) is 0 Å². The lowest BCUT2D eigenvalue weighted by molar-refractivity contribution is -0.697. The van der Waals surface area contributed by atoms with Crippen LogP contribution < -0.4 is 29.4 Å². The number of aryl methyl sites for hydroxylation is 1. The van der Waals surface area contributed by atoms with Gasteiger partial charge >= 0.3 is 0 Å². The van der Waals surface area contributed by atoms with Gasteiger partial charge in [-0.1, -0.05) is 33.7 Å². The van der Waals surface area contributed by atoms with Crippen molar-refractivity contribution in [3.05, 3.63) is 47.8 Å². The summed E-state index contributed by atoms with van der Waals surface area (Å²) in [5.74, 6) is 3.73. The van der Waals surface area contributed by atoms with Crippen LogP contribution in [0, 0.1) is 0 Å². The van der Waals surface area contributed by atoms with Crippen molar-refractivity contribution in [2.45, 2.75) is 19.4 Å². The van der Waals surface area contributed by atoms with E-state index in [4.69, 9.17) is 14.2 Å². The minimum absolute atomic E-state index is 0.0715. The third kappa shape index (κ3) is 10.5. The number of pyridine rings is 1. The number of nitrogens with zero attached hydrogens (tertiary/aromatic N) is 1. The number of ether oxygens (including phenoxy) is 3. The van der Waals surface area contributed by atoms with E-state index >= 15 is 0 Å². The highest BCUT2D eigenvalue weighted by Crippen LogP contribution is 2.35. The fourth-order valence-corrected chi connectivity index (χ4v) is 4.95. The molecule has 1 aromatic heterocycles. The van der Waals surface area contributed by atoms with Gasteiger partial charge in [-0.2, -0.15) is 0 Å². The van der Waals surface area contributed by atoms with Gasteiger partial charge in [-0.25, -0.2) is 4.57 Å². The lowest BCUT2D eigenvalue weighted by Crippen LogP contribution is -2.34. The largest absolute Gasteiger partial charge is 0.496 e. The number of aromatic nitrogens is 1. The Morgan fingerprint density at radius 3 is 2.26 bits per heavy atom. The summed E-state index contributed by atoms with van der Waals surface area (Å²) in [7, 11) is 8.21. The number of hydrogen-bond acceptors (Lipinski definition) is 7. The Labute approximate surface area is 215 Å². The maximum absolute atomic E-state index is 12.0. The minimum Gasteiger partial charge on any atom is -0.496 e. The molecule has 1 aromatic carbocycles. The van der Waals surface area contributed by atoms with Gasteiger partial charge in [0.25, 0.3) is 0 Å². The smallest absolute Gasteiger partial charge is 0.220 e. The summed E-state index contributed by atoms with van der Waals surface area (Å²) in [4.78, 5) is 22.1. The van der Waals surface area contributed by atoms with Crippen LogP contribution >= 0.6 is 21.6 Å². The molecule has 2 aromatic rings. The van der Waals surface area contributed by atoms with Gasteiger partial charge in [0.2, 0.25) is 12.3 Å². The molecule has 0 bridgehead atoms. The number of benzene rings is 1. The van der Waals surface area contributed by atoms with Crippen LogP contribution in [0.1, 0.15) is 24.0 Å². The Bertz CT molecular complexity index is 955. The van der Waals surface area contributed by atoms with E-state index in [1.165, 1.54) is 0 Å². The molecule has 8 nitrogen and oxygen atoms in total. The predicted molar refractivity (Wildman–Crippen MR) is 143 cm³/mol. The maximum atomic E-state index is 12.0. The van der Waals surface area contributed by atoms with E-state index in [1.54, 1.807) is 49.0 Å². The first-order chi connectivity index (χ1) is 17.1. The molecule has 0 aliphatic rings. The molecule has 190 valence electrons. The number of carbonyl (C=O) groups excluding carboxylic acids is 2. The fraction of sp³-hybridized carbons (Fsp3) is 0.400. The average Bonchev–Trinajstić information content (AvgIpc) is 2.89. The van der Waals surface area contributed by atoms with E-state index in [-0.39, 0.29) is 5.91 Å². The van der Waals surface area contributed by atoms with Crippen molar-refractivity contribution in [3.8, 4) is 17.2 Å². The Kier molecular flexibility index (Phi) is 13.6. The van der Waals surface area contributed by atoms with E-state index in [0.29, 0.717) is 43.2 Å². The van der Waals surface area contributed by atoms with E-state index in [2.05, 4.69) is 15.2 Å². The Hall–Kier alpha value is -2.85. The SMILES string of the molecule is COc1cc(OC)c(OC)cc1/C=C/c1cc[n+](CCCC(=O)NCCSSCCNC=O)cc1. The first-order valence-corrected chi connectivity index (χ1v) is 13.8. The molecular formula is C25H34N3O5S2+. The van der Waals surface area contributed by atoms with Gasteiger partial charge in [0.05, 0.1) is 21.3 Å². The van der Waals surface area contributed by atoms with Gasteiger partial charge in [0.15, 0.2) is 23.9 Å². The van der Waals surface area contributed by atoms with Crippen molar-refractivity contribution >= 4 is 46.1 Å². The first-order valence-electron chi connectivity index (χ1n) is 11.3. The molecular weight excluding hydrogens is 486 g/mol. The van der Waals surface area contributed by atoms with Gasteiger partial charge in [-0.05, 0) is 11.6 Å². The normalized spacial score (nSPS) is 10.7. The third-order valence-corrected chi connectivity index (χ3v) is 7.34. The predicted octanol–water partition coefficient (Wildman–Crippen LogP) is 3.19. The van der Waals surface area contributed by atoms with Crippen molar-refractivity contribution < 1.29 is 28.4 Å². The highest BCUT2D eigenvalue weighted by Gasteiger charge is 2.10. The Balaban J connectivity index is 1.74. The summed E-state index contributed by atoms with van der Waals surface area (Å²) < 4.78 is 18.3. The fourth-order valence-electron chi connectivity index (χ4n) is 3.12. The molecule has 0 saturated carbocycles. The van der Waals surface area contributed by atoms with Crippen LogP contribution in [0.3, 0.4) is 0 Å². The van der Waals surface area contributed by atoms with E-state index in [1.807, 2.05) is 42.7 Å². The number of nitrogens with one attached hydrogen (secondary N) is 2. The maximum Gasteiger partial charge on any atom is 0.220 e. The van der Waals surface area contributed by atoms with Crippen LogP contribution in [0.25, 0.3) is 12.2 Å². The molecule has 2 rings (SSSR count). The van der Waals surface area contributed by atoms with Crippen molar-refractivity contribution in [1.29, 1.82) is 0 Å². The molecule has 35 heavy (non-hydrogen) atoms. The van der Waals surface area contributed by atoms with Gasteiger partial charge in [-0.3, -0.25) is 9.59 Å². The van der Waals surface area contributed by atoms with Crippen LogP contribution in [-0.2, 0) is 16.1 Å². The molecule has 0 saturated heterocycles. The van der Waals surface area contributed by atoms with Crippen LogP contribution in [0.2, 0.25) is 0 Å². The highest BCUT2D eigenvalue weighted by molar-refractivity contribution is 8.76. The number of amides is 2. The van der Waals surface area contributed by atoms with E-state index in [9.17, 15) is 9.59 Å². The molecule has 1 heterocycles. The number of methoxy groups -OCH3 is 3. The molecule has 0 aliphatic carbocycles. The quantitative estimate of drug-likeness (QED) is 0.143. The summed E-state index contributed by atoms with van der Waals surface area (Å²) in [6, 6.07) is 7.75. The average molecular weight is 521 g/mol. The zero-order valence-corrected chi connectivity index (χ0v) is 22.1. The summed E-state index contributed by atoms with van der Waals surface area (Å²) in [5, 5.41) is 5.57. The molecule has 0 radical (unpaired) electrons. The molecule has 2 N–H and O–H groups in total. The summed E-state index contributed by atoms with van der Waals surface area (Å²) in [6.45, 7) is 2.08. The number of hydrogen-bond donors (Lipinski definition) is 2. The second kappa shape index (κ2) is 16.7. The van der Waals surface area contributed by atoms with Crippen LogP contribution in [-0.4, -0.2) is 58.2 Å². The summed E-state index contributed by atoms with van der Waals surface area (Å²) >= 11 is 0. The molecule has 0 aliphatic heterocycles. The van der Waals surface area contributed by atoms with E-state index < -0.39 is 0 Å². The molecule has 2 amide bonds. The lowest BCUT2D eigenvalue weighted by Gasteiger charge is -2.12. The molecule has 0 spiro atoms. The van der Waals surface area contributed by atoms with Gasteiger partial charge in [0.1, 0.15) is 12.3 Å². The van der Waals surface area contributed by atoms with Crippen molar-refractivity contribution in [3.63, 3.8) is 0 Å². The standard InChI is InChI=1S/C25H33N3O5S2/c1-31-22-18-24(33-3)23(32-2)17-21(22)7-6-20-8-13-28(14-9-20)12-4-5-25(30)27-11-16-35-34-15-10-26-19-29/h6-9,13-14,17-19H,4-5,10-12,15-16H2,1-3H3,(H-,26,27,29,30)/p+1/b7-6+. The minimum atomic E-state index is 0.0715. The first kappa shape index (κ1) is 28.4. The van der Waals surface area contributed by atoms with Gasteiger partial charge < -0.3 is 24.8 Å². The lowest BCUT2D eigenvalue weighted by atomic mass is 10.1.